The SMILES string of the molecule is Nc1[nH]ncc1COc1cccnc1. The summed E-state index contributed by atoms with van der Waals surface area (Å²) in [4.78, 5) is 3.93. The maximum atomic E-state index is 5.59. The molecule has 0 aliphatic carbocycles. The largest absolute Gasteiger partial charge is 0.487 e. The summed E-state index contributed by atoms with van der Waals surface area (Å²) in [5.41, 5.74) is 6.43. The Morgan fingerprint density at radius 3 is 3.00 bits per heavy atom. The zero-order chi connectivity index (χ0) is 9.80. The Morgan fingerprint density at radius 2 is 2.36 bits per heavy atom. The topological polar surface area (TPSA) is 76.8 Å². The third-order valence-electron chi connectivity index (χ3n) is 1.78. The number of nitrogen functional groups attached to an aromatic ring is 1. The van der Waals surface area contributed by atoms with Gasteiger partial charge in [-0.05, 0) is 12.1 Å². The molecule has 0 spiro atoms. The van der Waals surface area contributed by atoms with Gasteiger partial charge in [0.1, 0.15) is 18.2 Å². The average Bonchev–Trinajstić information content (AvgIpc) is 2.63. The average molecular weight is 190 g/mol. The molecule has 2 rings (SSSR count). The lowest BCUT2D eigenvalue weighted by molar-refractivity contribution is 0.305. The second-order valence-electron chi connectivity index (χ2n) is 2.79. The molecule has 0 unspecified atom stereocenters. The van der Waals surface area contributed by atoms with Crippen molar-refractivity contribution in [2.45, 2.75) is 6.61 Å². The first-order chi connectivity index (χ1) is 6.86. The van der Waals surface area contributed by atoms with Crippen LogP contribution in [0.15, 0.2) is 30.7 Å². The molecule has 2 aromatic rings. The second-order valence-corrected chi connectivity index (χ2v) is 2.79. The van der Waals surface area contributed by atoms with Crippen LogP contribution in [0.5, 0.6) is 5.75 Å². The van der Waals surface area contributed by atoms with Crippen molar-refractivity contribution in [3.05, 3.63) is 36.3 Å². The van der Waals surface area contributed by atoms with Crippen molar-refractivity contribution in [1.82, 2.24) is 15.2 Å². The molecule has 0 atom stereocenters. The van der Waals surface area contributed by atoms with Crippen molar-refractivity contribution in [3.63, 3.8) is 0 Å². The fourth-order valence-corrected chi connectivity index (χ4v) is 1.03. The van der Waals surface area contributed by atoms with Crippen molar-refractivity contribution in [3.8, 4) is 5.75 Å². The van der Waals surface area contributed by atoms with Gasteiger partial charge < -0.3 is 10.5 Å². The summed E-state index contributed by atoms with van der Waals surface area (Å²) in [5, 5.41) is 6.43. The number of rotatable bonds is 3. The van der Waals surface area contributed by atoms with Gasteiger partial charge in [0.25, 0.3) is 0 Å². The van der Waals surface area contributed by atoms with Gasteiger partial charge in [-0.15, -0.1) is 0 Å². The number of pyridine rings is 1. The standard InChI is InChI=1S/C9H10N4O/c10-9-7(4-12-13-9)6-14-8-2-1-3-11-5-8/h1-5H,6H2,(H3,10,12,13). The maximum Gasteiger partial charge on any atom is 0.138 e. The Hall–Kier alpha value is -2.04. The molecular formula is C9H10N4O. The predicted octanol–water partition coefficient (Wildman–Crippen LogP) is 0.966. The molecule has 0 aliphatic rings. The number of nitrogens with two attached hydrogens (primary N) is 1. The molecule has 0 saturated heterocycles. The molecule has 5 nitrogen and oxygen atoms in total. The van der Waals surface area contributed by atoms with Gasteiger partial charge in [-0.25, -0.2) is 0 Å². The molecule has 5 heteroatoms. The highest BCUT2D eigenvalue weighted by molar-refractivity contribution is 5.36. The number of H-pyrrole nitrogens is 1. The van der Waals surface area contributed by atoms with Gasteiger partial charge in [-0.2, -0.15) is 5.10 Å². The second kappa shape index (κ2) is 3.78. The van der Waals surface area contributed by atoms with Gasteiger partial charge in [0.2, 0.25) is 0 Å². The van der Waals surface area contributed by atoms with Gasteiger partial charge in [-0.3, -0.25) is 10.1 Å². The van der Waals surface area contributed by atoms with Gasteiger partial charge in [0.05, 0.1) is 18.0 Å². The summed E-state index contributed by atoms with van der Waals surface area (Å²) in [5.74, 6) is 1.25. The lowest BCUT2D eigenvalue weighted by Crippen LogP contribution is -1.98. The molecule has 0 aromatic carbocycles. The van der Waals surface area contributed by atoms with Gasteiger partial charge >= 0.3 is 0 Å². The fraction of sp³-hybridized carbons (Fsp3) is 0.111. The van der Waals surface area contributed by atoms with E-state index in [1.165, 1.54) is 0 Å². The van der Waals surface area contributed by atoms with Gasteiger partial charge in [0.15, 0.2) is 0 Å². The Kier molecular flexibility index (Phi) is 2.31. The Labute approximate surface area is 80.9 Å². The number of hydrogen-bond donors (Lipinski definition) is 2. The van der Waals surface area contributed by atoms with Crippen LogP contribution in [0.1, 0.15) is 5.56 Å². The van der Waals surface area contributed by atoms with Crippen molar-refractivity contribution < 1.29 is 4.74 Å². The minimum Gasteiger partial charge on any atom is -0.487 e. The normalized spacial score (nSPS) is 10.0. The van der Waals surface area contributed by atoms with E-state index in [4.69, 9.17) is 10.5 Å². The van der Waals surface area contributed by atoms with Crippen LogP contribution < -0.4 is 10.5 Å². The monoisotopic (exact) mass is 190 g/mol. The van der Waals surface area contributed by atoms with Gasteiger partial charge in [0, 0.05) is 6.20 Å². The molecule has 2 heterocycles. The van der Waals surface area contributed by atoms with Crippen molar-refractivity contribution in [1.29, 1.82) is 0 Å². The van der Waals surface area contributed by atoms with E-state index in [2.05, 4.69) is 15.2 Å². The third kappa shape index (κ3) is 1.82. The molecule has 14 heavy (non-hydrogen) atoms. The zero-order valence-electron chi connectivity index (χ0n) is 7.47. The first kappa shape index (κ1) is 8.55. The number of ether oxygens (including phenoxy) is 1. The number of nitrogens with zero attached hydrogens (tertiary/aromatic N) is 2. The highest BCUT2D eigenvalue weighted by atomic mass is 16.5. The third-order valence-corrected chi connectivity index (χ3v) is 1.78. The van der Waals surface area contributed by atoms with E-state index in [-0.39, 0.29) is 0 Å². The van der Waals surface area contributed by atoms with Crippen LogP contribution in [0.2, 0.25) is 0 Å². The minimum atomic E-state index is 0.397. The van der Waals surface area contributed by atoms with Crippen LogP contribution in [0.4, 0.5) is 5.82 Å². The summed E-state index contributed by atoms with van der Waals surface area (Å²) in [6.07, 6.45) is 4.99. The quantitative estimate of drug-likeness (QED) is 0.755. The molecule has 0 amide bonds. The van der Waals surface area contributed by atoms with E-state index in [0.717, 1.165) is 5.56 Å². The maximum absolute atomic E-state index is 5.59. The molecule has 0 aliphatic heterocycles. The fourth-order valence-electron chi connectivity index (χ4n) is 1.03. The molecule has 72 valence electrons. The number of hydrogen-bond acceptors (Lipinski definition) is 4. The van der Waals surface area contributed by atoms with Crippen LogP contribution in [-0.4, -0.2) is 15.2 Å². The Bertz CT molecular complexity index is 398. The molecule has 3 N–H and O–H groups in total. The minimum absolute atomic E-state index is 0.397. The van der Waals surface area contributed by atoms with Crippen LogP contribution in [0.3, 0.4) is 0 Å². The first-order valence-electron chi connectivity index (χ1n) is 4.17. The highest BCUT2D eigenvalue weighted by Crippen LogP contribution is 2.12. The van der Waals surface area contributed by atoms with Crippen LogP contribution >= 0.6 is 0 Å². The zero-order valence-corrected chi connectivity index (χ0v) is 7.47. The number of aromatic nitrogens is 3. The van der Waals surface area contributed by atoms with Crippen LogP contribution in [-0.2, 0) is 6.61 Å². The number of nitrogens with one attached hydrogen (secondary N) is 1. The highest BCUT2D eigenvalue weighted by Gasteiger charge is 2.01. The Balaban J connectivity index is 1.99. The van der Waals surface area contributed by atoms with Crippen molar-refractivity contribution >= 4 is 5.82 Å². The number of anilines is 1. The summed E-state index contributed by atoms with van der Waals surface area (Å²) in [6, 6.07) is 3.65. The number of aromatic amines is 1. The summed E-state index contributed by atoms with van der Waals surface area (Å²) < 4.78 is 5.43. The van der Waals surface area contributed by atoms with Crippen molar-refractivity contribution in [2.24, 2.45) is 0 Å². The van der Waals surface area contributed by atoms with E-state index < -0.39 is 0 Å². The molecular weight excluding hydrogens is 180 g/mol. The van der Waals surface area contributed by atoms with E-state index in [0.29, 0.717) is 18.2 Å². The van der Waals surface area contributed by atoms with Crippen LogP contribution in [0.25, 0.3) is 0 Å². The molecule has 2 aromatic heterocycles. The van der Waals surface area contributed by atoms with E-state index in [1.54, 1.807) is 18.6 Å². The first-order valence-corrected chi connectivity index (χ1v) is 4.17. The lowest BCUT2D eigenvalue weighted by atomic mass is 10.3. The van der Waals surface area contributed by atoms with Crippen molar-refractivity contribution in [2.75, 3.05) is 5.73 Å². The summed E-state index contributed by atoms with van der Waals surface area (Å²) >= 11 is 0. The smallest absolute Gasteiger partial charge is 0.138 e. The molecule has 0 radical (unpaired) electrons. The van der Waals surface area contributed by atoms with Crippen LogP contribution in [0, 0.1) is 0 Å². The lowest BCUT2D eigenvalue weighted by Gasteiger charge is -2.03. The van der Waals surface area contributed by atoms with E-state index in [9.17, 15) is 0 Å². The van der Waals surface area contributed by atoms with Gasteiger partial charge in [-0.1, -0.05) is 0 Å². The summed E-state index contributed by atoms with van der Waals surface area (Å²) in [7, 11) is 0. The van der Waals surface area contributed by atoms with E-state index >= 15 is 0 Å². The molecule has 0 fully saturated rings. The Morgan fingerprint density at radius 1 is 1.43 bits per heavy atom. The van der Waals surface area contributed by atoms with E-state index in [1.807, 2.05) is 12.1 Å². The molecule has 0 saturated carbocycles. The predicted molar refractivity (Wildman–Crippen MR) is 51.6 cm³/mol. The summed E-state index contributed by atoms with van der Waals surface area (Å²) in [6.45, 7) is 0.397. The molecule has 0 bridgehead atoms.